The summed E-state index contributed by atoms with van der Waals surface area (Å²) in [5, 5.41) is 14.9. The lowest BCUT2D eigenvalue weighted by Gasteiger charge is -2.29. The summed E-state index contributed by atoms with van der Waals surface area (Å²) < 4.78 is 0. The first-order valence-electron chi connectivity index (χ1n) is 10.1. The number of thiazole rings is 1. The van der Waals surface area contributed by atoms with E-state index in [9.17, 15) is 19.6 Å². The maximum absolute atomic E-state index is 13.2. The predicted octanol–water partition coefficient (Wildman–Crippen LogP) is 1.85. The number of hydroxylamine groups is 2. The molecule has 1 aromatic rings. The van der Waals surface area contributed by atoms with E-state index < -0.39 is 12.0 Å². The number of hydrazine groups is 1. The summed E-state index contributed by atoms with van der Waals surface area (Å²) in [6, 6.07) is -0.651. The number of aromatic nitrogens is 1. The van der Waals surface area contributed by atoms with Gasteiger partial charge in [-0.15, -0.1) is 11.3 Å². The van der Waals surface area contributed by atoms with E-state index in [2.05, 4.69) is 15.7 Å². The normalized spacial score (nSPS) is 20.7. The molecule has 3 N–H and O–H groups in total. The van der Waals surface area contributed by atoms with Crippen molar-refractivity contribution in [3.05, 3.63) is 10.6 Å². The Morgan fingerprint density at radius 1 is 1.38 bits per heavy atom. The van der Waals surface area contributed by atoms with E-state index in [4.69, 9.17) is 0 Å². The van der Waals surface area contributed by atoms with Crippen molar-refractivity contribution < 1.29 is 19.6 Å². The third kappa shape index (κ3) is 5.31. The average molecular weight is 424 g/mol. The molecule has 1 aliphatic heterocycles. The zero-order valence-electron chi connectivity index (χ0n) is 16.9. The number of nitrogens with one attached hydrogen (secondary N) is 2. The van der Waals surface area contributed by atoms with Crippen molar-refractivity contribution in [2.75, 3.05) is 18.4 Å². The van der Waals surface area contributed by atoms with Gasteiger partial charge in [-0.25, -0.2) is 15.5 Å². The van der Waals surface area contributed by atoms with Gasteiger partial charge >= 0.3 is 0 Å². The Balaban J connectivity index is 1.69. The average Bonchev–Trinajstić information content (AvgIpc) is 3.43. The Kier molecular flexibility index (Phi) is 7.20. The fourth-order valence-electron chi connectivity index (χ4n) is 4.12. The monoisotopic (exact) mass is 423 g/mol. The second-order valence-electron chi connectivity index (χ2n) is 7.88. The Bertz CT molecular complexity index is 729. The number of carbonyl (C=O) groups excluding carboxylic acids is 3. The van der Waals surface area contributed by atoms with E-state index >= 15 is 0 Å². The molecule has 3 amide bonds. The number of hydrogen-bond acceptors (Lipinski definition) is 7. The van der Waals surface area contributed by atoms with Gasteiger partial charge in [0.2, 0.25) is 12.3 Å². The number of aryl methyl sites for hydroxylation is 2. The van der Waals surface area contributed by atoms with Crippen LogP contribution in [0.4, 0.5) is 5.13 Å². The SMILES string of the molecule is Cc1nc(NC(=O)C2CCNN2C(=O)C(CC2CCCC2)CN(O)C=O)sc1C. The van der Waals surface area contributed by atoms with Crippen molar-refractivity contribution in [3.63, 3.8) is 0 Å². The highest BCUT2D eigenvalue weighted by Gasteiger charge is 2.39. The molecule has 3 rings (SSSR count). The van der Waals surface area contributed by atoms with Gasteiger partial charge in [-0.2, -0.15) is 0 Å². The van der Waals surface area contributed by atoms with E-state index in [1.807, 2.05) is 13.8 Å². The molecule has 160 valence electrons. The minimum absolute atomic E-state index is 0.0732. The van der Waals surface area contributed by atoms with Gasteiger partial charge in [0.05, 0.1) is 18.2 Å². The zero-order chi connectivity index (χ0) is 21.0. The van der Waals surface area contributed by atoms with Crippen LogP contribution in [0.25, 0.3) is 0 Å². The minimum Gasteiger partial charge on any atom is -0.300 e. The summed E-state index contributed by atoms with van der Waals surface area (Å²) in [7, 11) is 0. The third-order valence-corrected chi connectivity index (χ3v) is 6.77. The minimum atomic E-state index is -0.651. The molecular weight excluding hydrogens is 394 g/mol. The lowest BCUT2D eigenvalue weighted by Crippen LogP contribution is -2.51. The molecule has 10 heteroatoms. The fraction of sp³-hybridized carbons (Fsp3) is 0.684. The molecule has 1 aromatic heterocycles. The highest BCUT2D eigenvalue weighted by atomic mass is 32.1. The van der Waals surface area contributed by atoms with E-state index in [-0.39, 0.29) is 18.4 Å². The molecule has 2 fully saturated rings. The van der Waals surface area contributed by atoms with Crippen molar-refractivity contribution in [2.24, 2.45) is 11.8 Å². The molecule has 2 aliphatic rings. The van der Waals surface area contributed by atoms with Gasteiger partial charge < -0.3 is 5.32 Å². The molecule has 9 nitrogen and oxygen atoms in total. The lowest BCUT2D eigenvalue weighted by molar-refractivity contribution is -0.159. The summed E-state index contributed by atoms with van der Waals surface area (Å²) in [5.41, 5.74) is 3.88. The molecular formula is C19H29N5O4S. The van der Waals surface area contributed by atoms with Gasteiger partial charge in [-0.3, -0.25) is 24.6 Å². The molecule has 1 saturated heterocycles. The standard InChI is InChI=1S/C19H29N5O4S/c1-12-13(2)29-19(21-12)22-17(26)16-7-8-20-24(16)18(27)15(10-23(28)11-25)9-14-5-3-4-6-14/h11,14-16,20,28H,3-10H2,1-2H3,(H,21,22,26). The summed E-state index contributed by atoms with van der Waals surface area (Å²) in [6.45, 7) is 4.26. The van der Waals surface area contributed by atoms with Gasteiger partial charge in [0, 0.05) is 11.4 Å². The van der Waals surface area contributed by atoms with Crippen molar-refractivity contribution in [3.8, 4) is 0 Å². The Morgan fingerprint density at radius 3 is 2.72 bits per heavy atom. The molecule has 0 bridgehead atoms. The van der Waals surface area contributed by atoms with Crippen LogP contribution in [0.5, 0.6) is 0 Å². The lowest BCUT2D eigenvalue weighted by atomic mass is 9.92. The second kappa shape index (κ2) is 9.64. The largest absolute Gasteiger partial charge is 0.300 e. The summed E-state index contributed by atoms with van der Waals surface area (Å²) in [5.74, 6) is -0.700. The quantitative estimate of drug-likeness (QED) is 0.334. The van der Waals surface area contributed by atoms with Crippen LogP contribution in [0.1, 0.15) is 49.1 Å². The highest BCUT2D eigenvalue weighted by molar-refractivity contribution is 7.15. The van der Waals surface area contributed by atoms with Crippen LogP contribution in [0.3, 0.4) is 0 Å². The van der Waals surface area contributed by atoms with E-state index in [1.54, 1.807) is 0 Å². The number of nitrogens with zero attached hydrogens (tertiary/aromatic N) is 3. The number of carbonyl (C=O) groups is 3. The van der Waals surface area contributed by atoms with Crippen LogP contribution in [0.2, 0.25) is 0 Å². The number of hydrogen-bond donors (Lipinski definition) is 3. The first-order valence-corrected chi connectivity index (χ1v) is 10.9. The number of amides is 3. The van der Waals surface area contributed by atoms with Crippen molar-refractivity contribution in [1.82, 2.24) is 20.5 Å². The van der Waals surface area contributed by atoms with Crippen LogP contribution < -0.4 is 10.7 Å². The molecule has 1 saturated carbocycles. The van der Waals surface area contributed by atoms with Crippen LogP contribution in [0.15, 0.2) is 0 Å². The maximum atomic E-state index is 13.2. The summed E-state index contributed by atoms with van der Waals surface area (Å²) >= 11 is 1.40. The van der Waals surface area contributed by atoms with E-state index in [0.29, 0.717) is 41.9 Å². The Morgan fingerprint density at radius 2 is 2.10 bits per heavy atom. The molecule has 0 radical (unpaired) electrons. The van der Waals surface area contributed by atoms with E-state index in [1.165, 1.54) is 16.3 Å². The van der Waals surface area contributed by atoms with Crippen LogP contribution in [0, 0.1) is 25.7 Å². The molecule has 29 heavy (non-hydrogen) atoms. The molecule has 2 atom stereocenters. The highest BCUT2D eigenvalue weighted by Crippen LogP contribution is 2.32. The summed E-state index contributed by atoms with van der Waals surface area (Å²) in [6.07, 6.45) is 5.79. The number of anilines is 1. The first-order chi connectivity index (χ1) is 13.9. The van der Waals surface area contributed by atoms with Crippen LogP contribution >= 0.6 is 11.3 Å². The number of rotatable bonds is 8. The fourth-order valence-corrected chi connectivity index (χ4v) is 4.94. The second-order valence-corrected chi connectivity index (χ2v) is 9.08. The van der Waals surface area contributed by atoms with Gasteiger partial charge in [-0.05, 0) is 32.6 Å². The molecule has 2 heterocycles. The van der Waals surface area contributed by atoms with Gasteiger partial charge in [0.1, 0.15) is 6.04 Å². The van der Waals surface area contributed by atoms with Crippen LogP contribution in [-0.4, -0.2) is 57.6 Å². The smallest absolute Gasteiger partial charge is 0.250 e. The zero-order valence-corrected chi connectivity index (χ0v) is 17.7. The Hall–Kier alpha value is -2.04. The van der Waals surface area contributed by atoms with E-state index in [0.717, 1.165) is 36.3 Å². The predicted molar refractivity (Wildman–Crippen MR) is 108 cm³/mol. The van der Waals surface area contributed by atoms with Crippen molar-refractivity contribution >= 4 is 34.7 Å². The molecule has 1 aliphatic carbocycles. The van der Waals surface area contributed by atoms with Gasteiger partial charge in [0.15, 0.2) is 5.13 Å². The summed E-state index contributed by atoms with van der Waals surface area (Å²) in [4.78, 5) is 42.3. The first kappa shape index (κ1) is 21.7. The van der Waals surface area contributed by atoms with Gasteiger partial charge in [-0.1, -0.05) is 25.7 Å². The van der Waals surface area contributed by atoms with Crippen LogP contribution in [-0.2, 0) is 14.4 Å². The topological polar surface area (TPSA) is 115 Å². The van der Waals surface area contributed by atoms with Crippen molar-refractivity contribution in [2.45, 2.75) is 58.4 Å². The van der Waals surface area contributed by atoms with Gasteiger partial charge in [0.25, 0.3) is 5.91 Å². The third-order valence-electron chi connectivity index (χ3n) is 5.78. The molecule has 2 unspecified atom stereocenters. The molecule has 0 aromatic carbocycles. The van der Waals surface area contributed by atoms with Crippen molar-refractivity contribution in [1.29, 1.82) is 0 Å². The molecule has 0 spiro atoms. The Labute approximate surface area is 174 Å². The maximum Gasteiger partial charge on any atom is 0.250 e.